The van der Waals surface area contributed by atoms with Crippen molar-refractivity contribution in [3.05, 3.63) is 295 Å². The monoisotopic (exact) mass is 1130 g/mol. The first-order chi connectivity index (χ1) is 42.9. The molecule has 10 aromatic carbocycles. The second-order valence-electron chi connectivity index (χ2n) is 26.0. The van der Waals surface area contributed by atoms with Gasteiger partial charge in [0.1, 0.15) is 0 Å². The molecule has 0 N–H and O–H groups in total. The predicted molar refractivity (Wildman–Crippen MR) is 367 cm³/mol. The Kier molecular flexibility index (Phi) is 13.3. The van der Waals surface area contributed by atoms with Crippen molar-refractivity contribution >= 4 is 73.0 Å². The zero-order chi connectivity index (χ0) is 58.2. The summed E-state index contributed by atoms with van der Waals surface area (Å²) in [5.41, 5.74) is 24.7. The molecule has 0 fully saturated rings. The minimum atomic E-state index is -0.211. The molecule has 3 heterocycles. The van der Waals surface area contributed by atoms with Crippen molar-refractivity contribution in [2.45, 2.75) is 89.5 Å². The second kappa shape index (κ2) is 21.8. The van der Waals surface area contributed by atoms with Gasteiger partial charge in [-0.3, -0.25) is 0 Å². The quantitative estimate of drug-likeness (QED) is 0.127. The number of hydrogen-bond acceptors (Lipinski definition) is 3. The summed E-state index contributed by atoms with van der Waals surface area (Å²) in [5.74, 6) is 1.53. The van der Waals surface area contributed by atoms with Crippen LogP contribution >= 0.6 is 0 Å². The molecule has 11 aromatic rings. The van der Waals surface area contributed by atoms with Crippen molar-refractivity contribution in [3.63, 3.8) is 0 Å². The topological polar surface area (TPSA) is 14.7 Å². The van der Waals surface area contributed by atoms with Crippen LogP contribution in [0.5, 0.6) is 0 Å². The third-order valence-electron chi connectivity index (χ3n) is 20.1. The minimum absolute atomic E-state index is 0.155. The first-order valence-corrected chi connectivity index (χ1v) is 32.0. The summed E-state index contributed by atoms with van der Waals surface area (Å²) >= 11 is 0. The number of anilines is 9. The van der Waals surface area contributed by atoms with Gasteiger partial charge in [-0.15, -0.1) is 0 Å². The molecule has 5 unspecified atom stereocenters. The van der Waals surface area contributed by atoms with Gasteiger partial charge in [-0.25, -0.2) is 0 Å². The van der Waals surface area contributed by atoms with Crippen LogP contribution in [-0.2, 0) is 5.41 Å². The molecule has 426 valence electrons. The first-order valence-electron chi connectivity index (χ1n) is 32.0. The third-order valence-corrected chi connectivity index (χ3v) is 20.1. The summed E-state index contributed by atoms with van der Waals surface area (Å²) in [7, 11) is 0. The molecule has 5 atom stereocenters. The summed E-state index contributed by atoms with van der Waals surface area (Å²) in [4.78, 5) is 7.79. The van der Waals surface area contributed by atoms with Crippen LogP contribution in [0.15, 0.2) is 273 Å². The van der Waals surface area contributed by atoms with E-state index in [1.807, 2.05) is 0 Å². The maximum atomic E-state index is 2.91. The molecular weight excluding hydrogens is 1050 g/mol. The van der Waals surface area contributed by atoms with E-state index in [4.69, 9.17) is 0 Å². The van der Waals surface area contributed by atoms with E-state index in [-0.39, 0.29) is 17.4 Å². The number of fused-ring (bicyclic) bond motifs is 8. The fourth-order valence-electron chi connectivity index (χ4n) is 16.1. The normalized spacial score (nSPS) is 19.6. The van der Waals surface area contributed by atoms with Gasteiger partial charge in [-0.1, -0.05) is 209 Å². The number of aromatic nitrogens is 1. The van der Waals surface area contributed by atoms with Crippen molar-refractivity contribution in [3.8, 4) is 22.3 Å². The Morgan fingerprint density at radius 3 is 1.61 bits per heavy atom. The Hall–Kier alpha value is -9.38. The van der Waals surface area contributed by atoms with Crippen molar-refractivity contribution < 1.29 is 0 Å². The first kappa shape index (κ1) is 53.1. The number of allylic oxidation sites excluding steroid dienone is 6. The summed E-state index contributed by atoms with van der Waals surface area (Å²) in [6.45, 7) is 7.17. The van der Waals surface area contributed by atoms with Gasteiger partial charge in [0.25, 0.3) is 0 Å². The fraction of sp³-hybridized carbons (Fsp3) is 0.205. The van der Waals surface area contributed by atoms with Crippen molar-refractivity contribution in [2.24, 2.45) is 17.8 Å². The summed E-state index contributed by atoms with van der Waals surface area (Å²) in [6.07, 6.45) is 22.0. The van der Waals surface area contributed by atoms with Crippen LogP contribution in [-0.4, -0.2) is 4.57 Å². The highest BCUT2D eigenvalue weighted by molar-refractivity contribution is 6.15. The third kappa shape index (κ3) is 9.01. The Bertz CT molecular complexity index is 4450. The number of para-hydroxylation sites is 5. The lowest BCUT2D eigenvalue weighted by atomic mass is 9.68. The number of nitrogens with zero attached hydrogens (tertiary/aromatic N) is 4. The smallest absolute Gasteiger partial charge is 0.0585 e. The van der Waals surface area contributed by atoms with E-state index in [9.17, 15) is 0 Å². The van der Waals surface area contributed by atoms with Gasteiger partial charge in [0.15, 0.2) is 0 Å². The van der Waals surface area contributed by atoms with Crippen molar-refractivity contribution in [2.75, 3.05) is 14.7 Å². The van der Waals surface area contributed by atoms with Crippen LogP contribution in [0.25, 0.3) is 44.1 Å². The van der Waals surface area contributed by atoms with E-state index in [1.165, 1.54) is 120 Å². The summed E-state index contributed by atoms with van der Waals surface area (Å²) in [5, 5.41) is 2.70. The van der Waals surface area contributed by atoms with Crippen molar-refractivity contribution in [1.29, 1.82) is 0 Å². The van der Waals surface area contributed by atoms with Gasteiger partial charge >= 0.3 is 0 Å². The molecule has 16 rings (SSSR count). The molecule has 4 heteroatoms. The molecular formula is C83H74N4. The van der Waals surface area contributed by atoms with Crippen LogP contribution < -0.4 is 14.7 Å². The van der Waals surface area contributed by atoms with E-state index in [1.54, 1.807) is 5.57 Å². The highest BCUT2D eigenvalue weighted by atomic mass is 15.2. The molecule has 4 nitrogen and oxygen atoms in total. The molecule has 87 heavy (non-hydrogen) atoms. The van der Waals surface area contributed by atoms with Gasteiger partial charge < -0.3 is 19.3 Å². The van der Waals surface area contributed by atoms with Gasteiger partial charge in [0.05, 0.1) is 45.7 Å². The van der Waals surface area contributed by atoms with Crippen LogP contribution in [0, 0.1) is 17.8 Å². The zero-order valence-electron chi connectivity index (χ0n) is 50.2. The fourth-order valence-corrected chi connectivity index (χ4v) is 16.1. The molecule has 5 aliphatic rings. The Morgan fingerprint density at radius 1 is 0.425 bits per heavy atom. The van der Waals surface area contributed by atoms with Crippen LogP contribution in [0.1, 0.15) is 106 Å². The standard InChI is InChI=1S/C83H74N4/c1-83(2,3)60-53-76-80-77(54-60)86(71-47-26-23-42-65(71)57-31-12-5-13-32-57)75-55-63(84(61-37-18-8-19-38-61)62-39-20-9-21-40-62)49-50-69(75)79(80)81-74(85(76)70-46-25-22-41-64(70)56-29-10-4-11-30-56)52-51-73-78(81)68-43-24-27-48-72(68)87(73)82-66(58-33-14-6-15-34-58)44-28-45-67(82)59-35-16-7-17-36-59/h4-14,16,18-27,29-32,37-44,46-55,58-59,67,79,82H,15,17,28,33-36,45H2,1-3H3. The highest BCUT2D eigenvalue weighted by Gasteiger charge is 2.46. The molecule has 0 saturated carbocycles. The second-order valence-corrected chi connectivity index (χ2v) is 26.0. The minimum Gasteiger partial charge on any atom is -0.333 e. The maximum absolute atomic E-state index is 2.91. The molecule has 0 spiro atoms. The van der Waals surface area contributed by atoms with Crippen molar-refractivity contribution in [1.82, 2.24) is 4.57 Å². The van der Waals surface area contributed by atoms with E-state index < -0.39 is 0 Å². The Balaban J connectivity index is 1.05. The Morgan fingerprint density at radius 2 is 1.00 bits per heavy atom. The lowest BCUT2D eigenvalue weighted by molar-refractivity contribution is 0.207. The average molecular weight is 1130 g/mol. The zero-order valence-corrected chi connectivity index (χ0v) is 50.2. The number of benzene rings is 10. The molecule has 0 amide bonds. The number of rotatable bonds is 10. The largest absolute Gasteiger partial charge is 0.333 e. The molecule has 0 bridgehead atoms. The average Bonchev–Trinajstić information content (AvgIpc) is 1.68. The summed E-state index contributed by atoms with van der Waals surface area (Å²) < 4.78 is 2.91. The molecule has 2 aliphatic heterocycles. The van der Waals surface area contributed by atoms with Gasteiger partial charge in [0.2, 0.25) is 0 Å². The van der Waals surface area contributed by atoms with Crippen LogP contribution in [0.2, 0.25) is 0 Å². The van der Waals surface area contributed by atoms with E-state index >= 15 is 0 Å². The lowest BCUT2D eigenvalue weighted by Gasteiger charge is -2.47. The van der Waals surface area contributed by atoms with Crippen LogP contribution in [0.4, 0.5) is 51.2 Å². The highest BCUT2D eigenvalue weighted by Crippen LogP contribution is 2.65. The predicted octanol–water partition coefficient (Wildman–Crippen LogP) is 23.2. The molecule has 0 saturated heterocycles. The summed E-state index contributed by atoms with van der Waals surface area (Å²) in [6, 6.07) is 89.8. The van der Waals surface area contributed by atoms with E-state index in [2.05, 4.69) is 307 Å². The lowest BCUT2D eigenvalue weighted by Crippen LogP contribution is -2.33. The molecule has 3 aliphatic carbocycles. The maximum Gasteiger partial charge on any atom is 0.0585 e. The molecule has 0 radical (unpaired) electrons. The SMILES string of the molecule is CC(C)(C)c1cc2c3c(c1)N(c1ccccc1-c1ccccc1)c1ccc4c(c1C3c1ccc(N(c3ccccc3)c3ccccc3)cc1N2c1ccccc1-c1ccccc1)c1ccccc1n4C1C(C2CC=CCC2)=CCCC1C1CC=CCC1. The van der Waals surface area contributed by atoms with Gasteiger partial charge in [-0.2, -0.15) is 0 Å². The van der Waals surface area contributed by atoms with E-state index in [0.717, 1.165) is 48.4 Å². The van der Waals surface area contributed by atoms with Gasteiger partial charge in [0, 0.05) is 56.0 Å². The van der Waals surface area contributed by atoms with Crippen LogP contribution in [0.3, 0.4) is 0 Å². The van der Waals surface area contributed by atoms with E-state index in [0.29, 0.717) is 17.8 Å². The molecule has 1 aromatic heterocycles. The number of hydrogen-bond donors (Lipinski definition) is 0. The van der Waals surface area contributed by atoms with Gasteiger partial charge in [-0.05, 0) is 187 Å². The Labute approximate surface area is 513 Å².